The molecule has 8 heteroatoms. The number of benzene rings is 1. The van der Waals surface area contributed by atoms with E-state index in [2.05, 4.69) is 5.32 Å². The molecule has 1 amide bonds. The van der Waals surface area contributed by atoms with Gasteiger partial charge in [-0.1, -0.05) is 30.3 Å². The molecular formula is C17H21F2NO5. The maximum absolute atomic E-state index is 12.6. The minimum atomic E-state index is -2.84. The van der Waals surface area contributed by atoms with Crippen LogP contribution in [0.5, 0.6) is 0 Å². The zero-order valence-corrected chi connectivity index (χ0v) is 13.6. The molecule has 2 rings (SSSR count). The highest BCUT2D eigenvalue weighted by Gasteiger charge is 2.43. The third kappa shape index (κ3) is 5.47. The quantitative estimate of drug-likeness (QED) is 0.743. The predicted molar refractivity (Wildman–Crippen MR) is 84.2 cm³/mol. The van der Waals surface area contributed by atoms with Crippen molar-refractivity contribution in [2.24, 2.45) is 0 Å². The van der Waals surface area contributed by atoms with Crippen molar-refractivity contribution in [3.05, 3.63) is 35.9 Å². The molecule has 1 heterocycles. The van der Waals surface area contributed by atoms with E-state index in [1.807, 2.05) is 30.3 Å². The zero-order chi connectivity index (χ0) is 18.3. The van der Waals surface area contributed by atoms with E-state index in [0.29, 0.717) is 0 Å². The Hall–Kier alpha value is -2.06. The van der Waals surface area contributed by atoms with Crippen LogP contribution in [0.2, 0.25) is 0 Å². The molecule has 1 aliphatic heterocycles. The third-order valence-corrected chi connectivity index (χ3v) is 4.09. The Balaban J connectivity index is 2.09. The van der Waals surface area contributed by atoms with Gasteiger partial charge in [0.05, 0.1) is 6.61 Å². The molecule has 2 N–H and O–H groups in total. The summed E-state index contributed by atoms with van der Waals surface area (Å²) in [6.07, 6.45) is -3.33. The number of aliphatic carboxylic acids is 1. The van der Waals surface area contributed by atoms with E-state index in [1.165, 1.54) is 0 Å². The van der Waals surface area contributed by atoms with E-state index < -0.39 is 36.4 Å². The molecule has 1 aliphatic rings. The minimum absolute atomic E-state index is 0.154. The summed E-state index contributed by atoms with van der Waals surface area (Å²) in [5.74, 6) is -2.20. The van der Waals surface area contributed by atoms with Gasteiger partial charge < -0.3 is 19.9 Å². The van der Waals surface area contributed by atoms with Gasteiger partial charge in [0.25, 0.3) is 5.91 Å². The Bertz CT molecular complexity index is 576. The predicted octanol–water partition coefficient (Wildman–Crippen LogP) is 1.98. The number of carbonyl (C=O) groups excluding carboxylic acids is 1. The van der Waals surface area contributed by atoms with Crippen molar-refractivity contribution >= 4 is 11.9 Å². The summed E-state index contributed by atoms with van der Waals surface area (Å²) in [5.41, 5.74) is -0.437. The first-order valence-electron chi connectivity index (χ1n) is 8.00. The Labute approximate surface area is 144 Å². The number of amides is 1. The number of rotatable bonds is 8. The highest BCUT2D eigenvalue weighted by molar-refractivity contribution is 5.89. The summed E-state index contributed by atoms with van der Waals surface area (Å²) in [6, 6.07) is 7.52. The molecule has 0 aromatic heterocycles. The molecule has 1 unspecified atom stereocenters. The molecule has 6 nitrogen and oxygen atoms in total. The lowest BCUT2D eigenvalue weighted by molar-refractivity contribution is -0.166. The van der Waals surface area contributed by atoms with Crippen molar-refractivity contribution in [1.82, 2.24) is 5.32 Å². The van der Waals surface area contributed by atoms with Crippen LogP contribution >= 0.6 is 0 Å². The van der Waals surface area contributed by atoms with Crippen molar-refractivity contribution in [1.29, 1.82) is 0 Å². The summed E-state index contributed by atoms with van der Waals surface area (Å²) in [7, 11) is 0. The summed E-state index contributed by atoms with van der Waals surface area (Å²) >= 11 is 0. The lowest BCUT2D eigenvalue weighted by Gasteiger charge is -2.36. The Kier molecular flexibility index (Phi) is 6.83. The Morgan fingerprint density at radius 1 is 1.24 bits per heavy atom. The standard InChI is InChI=1S/C17H21F2NO5/c18-14(19)10-13(15(21)22)20-16(23)17(6-8-24-9-7-17)25-11-12-4-2-1-3-5-12/h1-5,13-14H,6-11H2,(H,20,23)(H,21,22). The number of halogens is 2. The molecule has 1 aromatic carbocycles. The summed E-state index contributed by atoms with van der Waals surface area (Å²) < 4.78 is 36.2. The molecule has 1 saturated heterocycles. The van der Waals surface area contributed by atoms with Gasteiger partial charge in [-0.05, 0) is 5.56 Å². The number of carbonyl (C=O) groups is 2. The molecule has 0 spiro atoms. The monoisotopic (exact) mass is 357 g/mol. The van der Waals surface area contributed by atoms with Crippen LogP contribution in [-0.4, -0.2) is 48.3 Å². The van der Waals surface area contributed by atoms with Gasteiger partial charge in [0.2, 0.25) is 6.43 Å². The molecule has 0 saturated carbocycles. The fourth-order valence-corrected chi connectivity index (χ4v) is 2.62. The molecule has 1 fully saturated rings. The number of hydrogen-bond acceptors (Lipinski definition) is 4. The Morgan fingerprint density at radius 3 is 2.44 bits per heavy atom. The minimum Gasteiger partial charge on any atom is -0.480 e. The van der Waals surface area contributed by atoms with Crippen molar-refractivity contribution < 1.29 is 33.0 Å². The van der Waals surface area contributed by atoms with E-state index >= 15 is 0 Å². The van der Waals surface area contributed by atoms with Crippen molar-refractivity contribution in [2.45, 2.75) is 43.9 Å². The van der Waals surface area contributed by atoms with Gasteiger partial charge >= 0.3 is 5.97 Å². The van der Waals surface area contributed by atoms with E-state index in [-0.39, 0.29) is 32.7 Å². The number of carboxylic acid groups (broad SMARTS) is 1. The van der Waals surface area contributed by atoms with E-state index in [0.717, 1.165) is 5.56 Å². The van der Waals surface area contributed by atoms with Crippen molar-refractivity contribution in [3.63, 3.8) is 0 Å². The topological polar surface area (TPSA) is 84.9 Å². The summed E-state index contributed by atoms with van der Waals surface area (Å²) in [6.45, 7) is 0.699. The molecule has 25 heavy (non-hydrogen) atoms. The number of alkyl halides is 2. The van der Waals surface area contributed by atoms with Crippen LogP contribution < -0.4 is 5.32 Å². The van der Waals surface area contributed by atoms with Crippen LogP contribution in [0, 0.1) is 0 Å². The number of ether oxygens (including phenoxy) is 2. The second kappa shape index (κ2) is 8.87. The fourth-order valence-electron chi connectivity index (χ4n) is 2.62. The molecule has 138 valence electrons. The highest BCUT2D eigenvalue weighted by Crippen LogP contribution is 2.27. The van der Waals surface area contributed by atoms with Crippen LogP contribution in [0.4, 0.5) is 8.78 Å². The Morgan fingerprint density at radius 2 is 1.88 bits per heavy atom. The zero-order valence-electron chi connectivity index (χ0n) is 13.6. The largest absolute Gasteiger partial charge is 0.480 e. The first-order valence-corrected chi connectivity index (χ1v) is 8.00. The number of nitrogens with one attached hydrogen (secondary N) is 1. The van der Waals surface area contributed by atoms with Crippen LogP contribution in [0.25, 0.3) is 0 Å². The first-order chi connectivity index (χ1) is 11.9. The summed E-state index contributed by atoms with van der Waals surface area (Å²) in [5, 5.41) is 11.2. The average molecular weight is 357 g/mol. The smallest absolute Gasteiger partial charge is 0.326 e. The van der Waals surface area contributed by atoms with Crippen molar-refractivity contribution in [3.8, 4) is 0 Å². The molecular weight excluding hydrogens is 336 g/mol. The van der Waals surface area contributed by atoms with Gasteiger partial charge in [-0.15, -0.1) is 0 Å². The number of carboxylic acids is 1. The lowest BCUT2D eigenvalue weighted by Crippen LogP contribution is -2.56. The second-order valence-corrected chi connectivity index (χ2v) is 5.87. The molecule has 0 radical (unpaired) electrons. The van der Waals surface area contributed by atoms with Gasteiger partial charge in [0.1, 0.15) is 6.04 Å². The van der Waals surface area contributed by atoms with Crippen LogP contribution in [0.1, 0.15) is 24.8 Å². The van der Waals surface area contributed by atoms with Gasteiger partial charge in [-0.2, -0.15) is 0 Å². The van der Waals surface area contributed by atoms with Gasteiger partial charge in [0, 0.05) is 32.5 Å². The lowest BCUT2D eigenvalue weighted by atomic mass is 9.92. The maximum atomic E-state index is 12.6. The second-order valence-electron chi connectivity index (χ2n) is 5.87. The van der Waals surface area contributed by atoms with Crippen LogP contribution in [0.3, 0.4) is 0 Å². The van der Waals surface area contributed by atoms with E-state index in [1.54, 1.807) is 0 Å². The van der Waals surface area contributed by atoms with Crippen LogP contribution in [-0.2, 0) is 25.7 Å². The highest BCUT2D eigenvalue weighted by atomic mass is 19.3. The van der Waals surface area contributed by atoms with Gasteiger partial charge in [-0.25, -0.2) is 13.6 Å². The number of hydrogen-bond donors (Lipinski definition) is 2. The van der Waals surface area contributed by atoms with E-state index in [9.17, 15) is 18.4 Å². The van der Waals surface area contributed by atoms with Crippen LogP contribution in [0.15, 0.2) is 30.3 Å². The SMILES string of the molecule is O=C(O)C(CC(F)F)NC(=O)C1(OCc2ccccc2)CCOCC1. The fraction of sp³-hybridized carbons (Fsp3) is 0.529. The molecule has 0 bridgehead atoms. The molecule has 1 atom stereocenters. The molecule has 1 aromatic rings. The summed E-state index contributed by atoms with van der Waals surface area (Å²) in [4.78, 5) is 23.8. The normalized spacial score (nSPS) is 17.9. The molecule has 0 aliphatic carbocycles. The van der Waals surface area contributed by atoms with Gasteiger partial charge in [-0.3, -0.25) is 4.79 Å². The van der Waals surface area contributed by atoms with E-state index in [4.69, 9.17) is 14.6 Å². The average Bonchev–Trinajstić information content (AvgIpc) is 2.60. The van der Waals surface area contributed by atoms with Gasteiger partial charge in [0.15, 0.2) is 5.60 Å². The maximum Gasteiger partial charge on any atom is 0.326 e. The first kappa shape index (κ1) is 19.3. The van der Waals surface area contributed by atoms with Crippen molar-refractivity contribution in [2.75, 3.05) is 13.2 Å². The third-order valence-electron chi connectivity index (χ3n) is 4.09.